The lowest BCUT2D eigenvalue weighted by molar-refractivity contribution is -0.122. The molecular weight excluding hydrogens is 270 g/mol. The van der Waals surface area contributed by atoms with Crippen molar-refractivity contribution < 1.29 is 14.7 Å². The van der Waals surface area contributed by atoms with E-state index in [1.54, 1.807) is 0 Å². The molecule has 2 heterocycles. The minimum atomic E-state index is -1.03. The molecule has 0 aliphatic carbocycles. The molecule has 1 aromatic rings. The van der Waals surface area contributed by atoms with Gasteiger partial charge in [-0.25, -0.2) is 4.98 Å². The third kappa shape index (κ3) is 3.55. The predicted octanol–water partition coefficient (Wildman–Crippen LogP) is -1.28. The standard InChI is InChI=1S/C10H13N5O3S/c16-4-7(9(18)15-10-12-1-2-19-10)14-8(17)6-3-11-5-13-6/h3,5,7,16H,1-2,4H2,(H,11,13)(H,14,17)(H,12,15,18)/t7-/m0/s1. The average Bonchev–Trinajstić information content (AvgIpc) is 3.07. The van der Waals surface area contributed by atoms with Crippen LogP contribution in [0.4, 0.5) is 0 Å². The summed E-state index contributed by atoms with van der Waals surface area (Å²) in [6, 6.07) is -1.03. The fourth-order valence-corrected chi connectivity index (χ4v) is 2.14. The summed E-state index contributed by atoms with van der Waals surface area (Å²) in [6.07, 6.45) is 2.69. The Balaban J connectivity index is 1.92. The van der Waals surface area contributed by atoms with Gasteiger partial charge >= 0.3 is 0 Å². The summed E-state index contributed by atoms with van der Waals surface area (Å²) in [5, 5.41) is 14.6. The summed E-state index contributed by atoms with van der Waals surface area (Å²) >= 11 is 1.42. The van der Waals surface area contributed by atoms with Crippen LogP contribution in [0.15, 0.2) is 17.5 Å². The van der Waals surface area contributed by atoms with Gasteiger partial charge in [0.2, 0.25) is 0 Å². The SMILES string of the molecule is O=C(N[C@@H](CO)C(=O)NC1=NCCS1)c1cnc[nH]1. The molecule has 9 heteroatoms. The molecule has 1 aliphatic heterocycles. The first-order chi connectivity index (χ1) is 9.20. The van der Waals surface area contributed by atoms with Crippen LogP contribution in [0.2, 0.25) is 0 Å². The van der Waals surface area contributed by atoms with Crippen molar-refractivity contribution in [3.63, 3.8) is 0 Å². The quantitative estimate of drug-likeness (QED) is 0.548. The lowest BCUT2D eigenvalue weighted by Gasteiger charge is -2.15. The normalized spacial score (nSPS) is 15.7. The van der Waals surface area contributed by atoms with Gasteiger partial charge in [-0.1, -0.05) is 11.8 Å². The van der Waals surface area contributed by atoms with Gasteiger partial charge < -0.3 is 20.7 Å². The van der Waals surface area contributed by atoms with E-state index in [4.69, 9.17) is 5.11 Å². The van der Waals surface area contributed by atoms with Crippen molar-refractivity contribution >= 4 is 28.7 Å². The molecule has 0 unspecified atom stereocenters. The maximum atomic E-state index is 11.8. The maximum absolute atomic E-state index is 11.8. The highest BCUT2D eigenvalue weighted by atomic mass is 32.2. The number of nitrogens with one attached hydrogen (secondary N) is 3. The van der Waals surface area contributed by atoms with Crippen molar-refractivity contribution in [1.82, 2.24) is 20.6 Å². The molecule has 0 aromatic carbocycles. The van der Waals surface area contributed by atoms with Crippen molar-refractivity contribution in [1.29, 1.82) is 0 Å². The van der Waals surface area contributed by atoms with Gasteiger partial charge in [0.05, 0.1) is 25.7 Å². The number of hydrogen-bond donors (Lipinski definition) is 4. The Morgan fingerprint density at radius 1 is 1.58 bits per heavy atom. The molecule has 1 aromatic heterocycles. The molecule has 2 rings (SSSR count). The Morgan fingerprint density at radius 3 is 3.00 bits per heavy atom. The first-order valence-corrected chi connectivity index (χ1v) is 6.57. The first kappa shape index (κ1) is 13.6. The number of aromatic amines is 1. The number of H-pyrrole nitrogens is 1. The fourth-order valence-electron chi connectivity index (χ4n) is 1.41. The van der Waals surface area contributed by atoms with Gasteiger partial charge in [-0.3, -0.25) is 14.6 Å². The Bertz CT molecular complexity index is 487. The number of carbonyl (C=O) groups excluding carboxylic acids is 2. The summed E-state index contributed by atoms with van der Waals surface area (Å²) < 4.78 is 0. The van der Waals surface area contributed by atoms with Crippen LogP contribution in [0.25, 0.3) is 0 Å². The number of nitrogens with zero attached hydrogens (tertiary/aromatic N) is 2. The van der Waals surface area contributed by atoms with E-state index in [1.165, 1.54) is 24.3 Å². The van der Waals surface area contributed by atoms with E-state index in [0.717, 1.165) is 5.75 Å². The zero-order valence-electron chi connectivity index (χ0n) is 9.92. The third-order valence-corrected chi connectivity index (χ3v) is 3.25. The number of aliphatic hydroxyl groups excluding tert-OH is 1. The second-order valence-electron chi connectivity index (χ2n) is 3.70. The molecule has 0 bridgehead atoms. The molecule has 8 nitrogen and oxygen atoms in total. The summed E-state index contributed by atoms with van der Waals surface area (Å²) in [6.45, 7) is 0.161. The van der Waals surface area contributed by atoms with E-state index in [1.807, 2.05) is 0 Å². The van der Waals surface area contributed by atoms with Gasteiger partial charge in [0.25, 0.3) is 11.8 Å². The number of rotatable bonds is 4. The molecule has 0 spiro atoms. The number of thioether (sulfide) groups is 1. The van der Waals surface area contributed by atoms with Crippen molar-refractivity contribution in [2.75, 3.05) is 18.9 Å². The van der Waals surface area contributed by atoms with Crippen LogP contribution in [-0.2, 0) is 4.79 Å². The number of carbonyl (C=O) groups is 2. The number of aliphatic imine (C=N–C) groups is 1. The summed E-state index contributed by atoms with van der Waals surface area (Å²) in [7, 11) is 0. The maximum Gasteiger partial charge on any atom is 0.270 e. The largest absolute Gasteiger partial charge is 0.394 e. The zero-order chi connectivity index (χ0) is 13.7. The lowest BCUT2D eigenvalue weighted by Crippen LogP contribution is -2.49. The molecule has 102 valence electrons. The van der Waals surface area contributed by atoms with E-state index >= 15 is 0 Å². The minimum Gasteiger partial charge on any atom is -0.394 e. The highest BCUT2D eigenvalue weighted by molar-refractivity contribution is 8.14. The van der Waals surface area contributed by atoms with E-state index in [-0.39, 0.29) is 5.69 Å². The average molecular weight is 283 g/mol. The van der Waals surface area contributed by atoms with Crippen LogP contribution >= 0.6 is 11.8 Å². The zero-order valence-corrected chi connectivity index (χ0v) is 10.7. The number of amides is 2. The second-order valence-corrected chi connectivity index (χ2v) is 4.78. The van der Waals surface area contributed by atoms with Crippen LogP contribution < -0.4 is 10.6 Å². The number of amidine groups is 1. The molecule has 0 saturated heterocycles. The van der Waals surface area contributed by atoms with Gasteiger partial charge in [-0.2, -0.15) is 0 Å². The van der Waals surface area contributed by atoms with Crippen molar-refractivity contribution in [3.8, 4) is 0 Å². The highest BCUT2D eigenvalue weighted by Crippen LogP contribution is 2.08. The van der Waals surface area contributed by atoms with Gasteiger partial charge in [0.1, 0.15) is 11.7 Å². The third-order valence-electron chi connectivity index (χ3n) is 2.36. The Hall–Kier alpha value is -1.87. The molecule has 1 aliphatic rings. The van der Waals surface area contributed by atoms with E-state index < -0.39 is 24.5 Å². The Morgan fingerprint density at radius 2 is 2.42 bits per heavy atom. The van der Waals surface area contributed by atoms with Crippen LogP contribution in [0, 0.1) is 0 Å². The van der Waals surface area contributed by atoms with E-state index in [9.17, 15) is 9.59 Å². The lowest BCUT2D eigenvalue weighted by atomic mass is 10.2. The predicted molar refractivity (Wildman–Crippen MR) is 69.8 cm³/mol. The highest BCUT2D eigenvalue weighted by Gasteiger charge is 2.23. The fraction of sp³-hybridized carbons (Fsp3) is 0.400. The second kappa shape index (κ2) is 6.34. The van der Waals surface area contributed by atoms with Crippen LogP contribution in [0.5, 0.6) is 0 Å². The van der Waals surface area contributed by atoms with E-state index in [0.29, 0.717) is 11.7 Å². The molecule has 4 N–H and O–H groups in total. The van der Waals surface area contributed by atoms with Crippen molar-refractivity contribution in [3.05, 3.63) is 18.2 Å². The number of aromatic nitrogens is 2. The Kier molecular flexibility index (Phi) is 4.53. The monoisotopic (exact) mass is 283 g/mol. The summed E-state index contributed by atoms with van der Waals surface area (Å²) in [5.74, 6) is -0.184. The molecule has 2 amide bonds. The molecule has 0 radical (unpaired) electrons. The topological polar surface area (TPSA) is 119 Å². The van der Waals surface area contributed by atoms with Gasteiger partial charge in [0, 0.05) is 5.75 Å². The molecule has 0 saturated carbocycles. The van der Waals surface area contributed by atoms with Crippen LogP contribution in [0.1, 0.15) is 10.5 Å². The van der Waals surface area contributed by atoms with Gasteiger partial charge in [-0.15, -0.1) is 0 Å². The first-order valence-electron chi connectivity index (χ1n) is 5.59. The number of hydrogen-bond acceptors (Lipinski definition) is 6. The molecular formula is C10H13N5O3S. The van der Waals surface area contributed by atoms with Crippen molar-refractivity contribution in [2.45, 2.75) is 6.04 Å². The summed E-state index contributed by atoms with van der Waals surface area (Å²) in [5.41, 5.74) is 0.221. The van der Waals surface area contributed by atoms with Gasteiger partial charge in [0.15, 0.2) is 5.17 Å². The summed E-state index contributed by atoms with van der Waals surface area (Å²) in [4.78, 5) is 33.9. The molecule has 0 fully saturated rings. The van der Waals surface area contributed by atoms with Crippen molar-refractivity contribution in [2.24, 2.45) is 4.99 Å². The number of aliphatic hydroxyl groups is 1. The Labute approximate surface area is 113 Å². The van der Waals surface area contributed by atoms with E-state index in [2.05, 4.69) is 25.6 Å². The smallest absolute Gasteiger partial charge is 0.270 e. The van der Waals surface area contributed by atoms with Crippen LogP contribution in [0.3, 0.4) is 0 Å². The van der Waals surface area contributed by atoms with Gasteiger partial charge in [-0.05, 0) is 0 Å². The van der Waals surface area contributed by atoms with Crippen LogP contribution in [-0.4, -0.2) is 57.0 Å². The molecule has 19 heavy (non-hydrogen) atoms. The minimum absolute atomic E-state index is 0.221. The molecule has 1 atom stereocenters. The number of imidazole rings is 1.